The molecular formula is C15H27O8+. The first-order chi connectivity index (χ1) is 10.9. The van der Waals surface area contributed by atoms with Crippen molar-refractivity contribution in [2.75, 3.05) is 20.3 Å². The van der Waals surface area contributed by atoms with Crippen LogP contribution in [0.3, 0.4) is 0 Å². The molecule has 0 radical (unpaired) electrons. The van der Waals surface area contributed by atoms with Crippen LogP contribution >= 0.6 is 0 Å². The lowest BCUT2D eigenvalue weighted by Crippen LogP contribution is -2.32. The minimum Gasteiger partial charge on any atom is -0.508 e. The number of carbonyl (C=O) groups is 1. The molecule has 134 valence electrons. The van der Waals surface area contributed by atoms with Crippen LogP contribution in [0.2, 0.25) is 0 Å². The molecule has 1 aromatic carbocycles. The van der Waals surface area contributed by atoms with E-state index in [0.29, 0.717) is 25.4 Å². The summed E-state index contributed by atoms with van der Waals surface area (Å²) in [5.74, 6) is 0.303. The van der Waals surface area contributed by atoms with E-state index in [1.807, 2.05) is 13.0 Å². The maximum atomic E-state index is 9.08. The number of hydrogen-bond acceptors (Lipinski definition) is 6. The van der Waals surface area contributed by atoms with Crippen molar-refractivity contribution in [3.63, 3.8) is 0 Å². The quantitative estimate of drug-likeness (QED) is 0.338. The number of aliphatic hydroxyl groups is 3. The van der Waals surface area contributed by atoms with Gasteiger partial charge in [-0.15, -0.1) is 0 Å². The van der Waals surface area contributed by atoms with Gasteiger partial charge in [0.05, 0.1) is 25.4 Å². The molecule has 8 nitrogen and oxygen atoms in total. The number of hydrogen-bond donors (Lipinski definition) is 5. The number of aromatic hydroxyl groups is 1. The largest absolute Gasteiger partial charge is 0.508 e. The predicted molar refractivity (Wildman–Crippen MR) is 84.4 cm³/mol. The second-order valence-corrected chi connectivity index (χ2v) is 4.48. The molecule has 2 rings (SSSR count). The van der Waals surface area contributed by atoms with Crippen molar-refractivity contribution >= 4 is 6.47 Å². The van der Waals surface area contributed by atoms with Crippen molar-refractivity contribution in [2.45, 2.75) is 32.2 Å². The summed E-state index contributed by atoms with van der Waals surface area (Å²) in [6.45, 7) is 2.60. The Balaban J connectivity index is 0. The van der Waals surface area contributed by atoms with E-state index in [-0.39, 0.29) is 13.1 Å². The van der Waals surface area contributed by atoms with Crippen molar-refractivity contribution in [3.05, 3.63) is 29.3 Å². The molecule has 23 heavy (non-hydrogen) atoms. The predicted octanol–water partition coefficient (Wildman–Crippen LogP) is -0.637. The molecule has 0 aliphatic carbocycles. The number of benzene rings is 1. The lowest BCUT2D eigenvalue weighted by molar-refractivity contribution is -0.122. The lowest BCUT2D eigenvalue weighted by atomic mass is 10.1. The van der Waals surface area contributed by atoms with E-state index in [4.69, 9.17) is 40.2 Å². The molecule has 0 spiro atoms. The van der Waals surface area contributed by atoms with Crippen molar-refractivity contribution in [1.29, 1.82) is 0 Å². The first-order valence-corrected chi connectivity index (χ1v) is 6.84. The summed E-state index contributed by atoms with van der Waals surface area (Å²) in [7, 11) is 1.00. The summed E-state index contributed by atoms with van der Waals surface area (Å²) < 4.78 is 4.79. The minimum atomic E-state index is -0.459. The first kappa shape index (κ1) is 23.6. The van der Waals surface area contributed by atoms with Gasteiger partial charge >= 0.3 is 0 Å². The van der Waals surface area contributed by atoms with Gasteiger partial charge < -0.3 is 35.4 Å². The van der Waals surface area contributed by atoms with Gasteiger partial charge in [-0.25, -0.2) is 0 Å². The fourth-order valence-electron chi connectivity index (χ4n) is 1.62. The molecular weight excluding hydrogens is 308 g/mol. The summed E-state index contributed by atoms with van der Waals surface area (Å²) in [6.07, 6.45) is -0.461. The molecule has 8 heteroatoms. The van der Waals surface area contributed by atoms with Crippen LogP contribution < -0.4 is 0 Å². The Labute approximate surface area is 135 Å². The normalized spacial score (nSPS) is 18.9. The van der Waals surface area contributed by atoms with Gasteiger partial charge in [-0.3, -0.25) is 4.79 Å². The fourth-order valence-corrected chi connectivity index (χ4v) is 1.62. The van der Waals surface area contributed by atoms with E-state index < -0.39 is 12.2 Å². The van der Waals surface area contributed by atoms with Crippen LogP contribution in [0, 0.1) is 6.92 Å². The van der Waals surface area contributed by atoms with Gasteiger partial charge in [-0.1, -0.05) is 0 Å². The van der Waals surface area contributed by atoms with Gasteiger partial charge in [0.1, 0.15) is 5.75 Å². The van der Waals surface area contributed by atoms with Crippen molar-refractivity contribution in [3.8, 4) is 5.75 Å². The van der Waals surface area contributed by atoms with Gasteiger partial charge in [0.2, 0.25) is 0 Å². The van der Waals surface area contributed by atoms with Crippen molar-refractivity contribution < 1.29 is 40.2 Å². The van der Waals surface area contributed by atoms with Gasteiger partial charge in [0, 0.05) is 19.1 Å². The molecule has 2 unspecified atom stereocenters. The van der Waals surface area contributed by atoms with Gasteiger partial charge in [0.25, 0.3) is 6.47 Å². The number of rotatable bonds is 1. The average Bonchev–Trinajstić information content (AvgIpc) is 2.53. The molecule has 1 aliphatic heterocycles. The zero-order chi connectivity index (χ0) is 18.3. The fraction of sp³-hybridized carbons (Fsp3) is 0.533. The Bertz CT molecular complexity index is 402. The number of ether oxygens (including phenoxy) is 1. The molecule has 7 N–H and O–H groups in total. The van der Waals surface area contributed by atoms with Gasteiger partial charge in [-0.2, -0.15) is 0 Å². The highest BCUT2D eigenvalue weighted by Gasteiger charge is 2.17. The van der Waals surface area contributed by atoms with E-state index in [9.17, 15) is 0 Å². The second kappa shape index (κ2) is 15.2. The number of aliphatic hydroxyl groups excluding tert-OH is 3. The van der Waals surface area contributed by atoms with E-state index in [1.54, 1.807) is 12.1 Å². The lowest BCUT2D eigenvalue weighted by Gasteiger charge is -2.21. The van der Waals surface area contributed by atoms with Crippen LogP contribution in [0.15, 0.2) is 18.2 Å². The van der Waals surface area contributed by atoms with Crippen LogP contribution in [0.1, 0.15) is 17.5 Å². The summed E-state index contributed by atoms with van der Waals surface area (Å²) in [4.78, 5) is 8.36. The Kier molecular flexibility index (Phi) is 15.6. The van der Waals surface area contributed by atoms with E-state index >= 15 is 0 Å². The number of phenolic OH excluding ortho intramolecular Hbond substituents is 1. The highest BCUT2D eigenvalue weighted by molar-refractivity contribution is 5.34. The molecule has 1 heterocycles. The molecule has 0 aromatic heterocycles. The van der Waals surface area contributed by atoms with Crippen LogP contribution in [0.5, 0.6) is 5.75 Å². The topological polar surface area (TPSA) is 150 Å². The highest BCUT2D eigenvalue weighted by atomic mass is 16.5. The maximum absolute atomic E-state index is 9.08. The van der Waals surface area contributed by atoms with Crippen LogP contribution in [0.4, 0.5) is 0 Å². The molecule has 1 saturated heterocycles. The molecule has 0 amide bonds. The Hall–Kier alpha value is -1.71. The highest BCUT2D eigenvalue weighted by Crippen LogP contribution is 2.16. The number of aryl methyl sites for hydroxylation is 1. The molecule has 1 fully saturated rings. The van der Waals surface area contributed by atoms with Crippen molar-refractivity contribution in [1.82, 2.24) is 0 Å². The Morgan fingerprint density at radius 3 is 2.04 bits per heavy atom. The Morgan fingerprint density at radius 2 is 1.74 bits per heavy atom. The minimum absolute atomic E-state index is 0.250. The molecule has 0 saturated carbocycles. The summed E-state index contributed by atoms with van der Waals surface area (Å²) in [5.41, 5.74) is 1.78. The first-order valence-electron chi connectivity index (χ1n) is 6.84. The second-order valence-electron chi connectivity index (χ2n) is 4.48. The van der Waals surface area contributed by atoms with E-state index in [0.717, 1.165) is 18.2 Å². The smallest absolute Gasteiger partial charge is 0.290 e. The SMILES string of the molecule is CO.Cc1cc(C[OH2+])ccc1O.O=CO.OC1COCC(O)C1. The zero-order valence-corrected chi connectivity index (χ0v) is 13.3. The molecule has 1 aromatic rings. The van der Waals surface area contributed by atoms with E-state index in [2.05, 4.69) is 0 Å². The van der Waals surface area contributed by atoms with Gasteiger partial charge in [0.15, 0.2) is 6.61 Å². The zero-order valence-electron chi connectivity index (χ0n) is 13.3. The van der Waals surface area contributed by atoms with Crippen LogP contribution in [-0.2, 0) is 16.1 Å². The van der Waals surface area contributed by atoms with E-state index in [1.165, 1.54) is 0 Å². The number of phenols is 1. The van der Waals surface area contributed by atoms with Crippen LogP contribution in [0.25, 0.3) is 0 Å². The molecule has 2 atom stereocenters. The van der Waals surface area contributed by atoms with Crippen molar-refractivity contribution in [2.24, 2.45) is 0 Å². The average molecular weight is 335 g/mol. The standard InChI is InChI=1S/C8H10O2.C5H10O3.CH2O2.CH4O/c1-6-4-7(5-9)2-3-8(6)10;6-4-1-5(7)3-8-2-4;2-1-3;1-2/h2-4,9-10H,5H2,1H3;4-7H,1-3H2;1H,(H,2,3);2H,1H3/p+1. The summed E-state index contributed by atoms with van der Waals surface area (Å²) >= 11 is 0. The summed E-state index contributed by atoms with van der Waals surface area (Å²) in [6, 6.07) is 5.21. The van der Waals surface area contributed by atoms with Gasteiger partial charge in [-0.05, 0) is 30.7 Å². The third-order valence-corrected chi connectivity index (χ3v) is 2.63. The Morgan fingerprint density at radius 1 is 1.26 bits per heavy atom. The third kappa shape index (κ3) is 12.5. The summed E-state index contributed by atoms with van der Waals surface area (Å²) in [5, 5.41) is 47.6. The monoisotopic (exact) mass is 335 g/mol. The molecule has 0 bridgehead atoms. The number of carboxylic acid groups (broad SMARTS) is 1. The van der Waals surface area contributed by atoms with Crippen LogP contribution in [-0.4, -0.2) is 69.6 Å². The maximum Gasteiger partial charge on any atom is 0.290 e. The third-order valence-electron chi connectivity index (χ3n) is 2.63. The molecule has 1 aliphatic rings.